The lowest BCUT2D eigenvalue weighted by atomic mass is 9.86. The molecule has 1 N–H and O–H groups in total. The predicted molar refractivity (Wildman–Crippen MR) is 108 cm³/mol. The summed E-state index contributed by atoms with van der Waals surface area (Å²) < 4.78 is 6.95. The van der Waals surface area contributed by atoms with Crippen molar-refractivity contribution >= 4 is 5.97 Å². The zero-order valence-electron chi connectivity index (χ0n) is 16.8. The number of nitrogens with zero attached hydrogens (tertiary/aromatic N) is 2. The number of rotatable bonds is 4. The second-order valence-electron chi connectivity index (χ2n) is 8.26. The van der Waals surface area contributed by atoms with Crippen LogP contribution >= 0.6 is 0 Å². The lowest BCUT2D eigenvalue weighted by Crippen LogP contribution is -3.00. The van der Waals surface area contributed by atoms with Gasteiger partial charge in [-0.2, -0.15) is 0 Å². The van der Waals surface area contributed by atoms with E-state index in [1.807, 2.05) is 36.4 Å². The Morgan fingerprint density at radius 3 is 2.03 bits per heavy atom. The van der Waals surface area contributed by atoms with Gasteiger partial charge in [-0.25, -0.2) is 4.79 Å². The first-order valence-corrected chi connectivity index (χ1v) is 10.1. The Kier molecular flexibility index (Phi) is 6.79. The van der Waals surface area contributed by atoms with Crippen LogP contribution in [0.15, 0.2) is 60.7 Å². The number of carbonyl (C=O) groups is 1. The number of likely N-dealkylation sites (N-methyl/N-ethyl adjacent to an activating group) is 1. The molecular weight excluding hydrogens is 432 g/mol. The van der Waals surface area contributed by atoms with Crippen molar-refractivity contribution in [1.29, 1.82) is 0 Å². The summed E-state index contributed by atoms with van der Waals surface area (Å²) in [5, 5.41) is 11.5. The lowest BCUT2D eigenvalue weighted by molar-refractivity contribution is -0.921. The molecule has 156 valence electrons. The smallest absolute Gasteiger partial charge is 0.348 e. The van der Waals surface area contributed by atoms with Gasteiger partial charge in [0.05, 0.1) is 19.6 Å². The van der Waals surface area contributed by atoms with Gasteiger partial charge < -0.3 is 31.3 Å². The molecule has 0 aromatic heterocycles. The standard InChI is InChI=1S/C23H29N2O3.BrH/c1-24-13-16-25(17-14-24)15-12-21(18-25)28-22(26)23(27,19-8-4-2-5-9-19)20-10-6-3-7-11-20;/h2-11,21,27H,12-18H2,1H3;1H/q+1;/p-1. The fourth-order valence-electron chi connectivity index (χ4n) is 4.52. The summed E-state index contributed by atoms with van der Waals surface area (Å²) in [5.74, 6) is -0.580. The van der Waals surface area contributed by atoms with Crippen molar-refractivity contribution in [2.45, 2.75) is 18.1 Å². The van der Waals surface area contributed by atoms with Crippen LogP contribution in [0.5, 0.6) is 0 Å². The summed E-state index contributed by atoms with van der Waals surface area (Å²) in [6.07, 6.45) is 0.713. The van der Waals surface area contributed by atoms with E-state index >= 15 is 0 Å². The third-order valence-corrected chi connectivity index (χ3v) is 6.38. The van der Waals surface area contributed by atoms with Crippen LogP contribution in [0.1, 0.15) is 17.5 Å². The number of hydrogen-bond donors (Lipinski definition) is 1. The maximum atomic E-state index is 13.3. The van der Waals surface area contributed by atoms with Crippen molar-refractivity contribution in [2.75, 3.05) is 46.3 Å². The third kappa shape index (κ3) is 4.40. The van der Waals surface area contributed by atoms with E-state index in [0.29, 0.717) is 11.1 Å². The molecule has 2 heterocycles. The molecule has 2 aromatic carbocycles. The lowest BCUT2D eigenvalue weighted by Gasteiger charge is -2.41. The van der Waals surface area contributed by atoms with Gasteiger partial charge in [-0.15, -0.1) is 0 Å². The summed E-state index contributed by atoms with van der Waals surface area (Å²) in [4.78, 5) is 15.6. The van der Waals surface area contributed by atoms with Crippen LogP contribution in [-0.2, 0) is 15.1 Å². The fraction of sp³-hybridized carbons (Fsp3) is 0.435. The second kappa shape index (κ2) is 8.96. The Bertz CT molecular complexity index is 768. The molecule has 0 amide bonds. The van der Waals surface area contributed by atoms with E-state index in [1.54, 1.807) is 24.3 Å². The molecular formula is C23H29BrN2O3. The SMILES string of the molecule is CN1CC[N+]2(CCC(OC(=O)C(O)(c3ccccc3)c3ccccc3)C2)CC1.[Br-]. The molecule has 6 heteroatoms. The first-order chi connectivity index (χ1) is 13.5. The van der Waals surface area contributed by atoms with Gasteiger partial charge >= 0.3 is 5.97 Å². The molecule has 0 saturated carbocycles. The zero-order chi connectivity index (χ0) is 19.6. The van der Waals surface area contributed by atoms with Crippen molar-refractivity contribution in [3.8, 4) is 0 Å². The van der Waals surface area contributed by atoms with E-state index in [0.717, 1.165) is 50.2 Å². The third-order valence-electron chi connectivity index (χ3n) is 6.38. The van der Waals surface area contributed by atoms with Crippen LogP contribution in [0.4, 0.5) is 0 Å². The molecule has 2 fully saturated rings. The molecule has 2 saturated heterocycles. The average molecular weight is 461 g/mol. The Morgan fingerprint density at radius 1 is 1.00 bits per heavy atom. The van der Waals surface area contributed by atoms with Crippen molar-refractivity contribution in [1.82, 2.24) is 4.90 Å². The van der Waals surface area contributed by atoms with E-state index in [-0.39, 0.29) is 23.1 Å². The van der Waals surface area contributed by atoms with Crippen molar-refractivity contribution in [3.63, 3.8) is 0 Å². The fourth-order valence-corrected chi connectivity index (χ4v) is 4.52. The molecule has 5 nitrogen and oxygen atoms in total. The summed E-state index contributed by atoms with van der Waals surface area (Å²) in [5.41, 5.74) is -0.724. The Morgan fingerprint density at radius 2 is 1.52 bits per heavy atom. The van der Waals surface area contributed by atoms with Crippen molar-refractivity contribution < 1.29 is 36.1 Å². The topological polar surface area (TPSA) is 49.8 Å². The number of esters is 1. The molecule has 2 aliphatic heterocycles. The van der Waals surface area contributed by atoms with Gasteiger partial charge in [0.25, 0.3) is 0 Å². The summed E-state index contributed by atoms with van der Waals surface area (Å²) in [6.45, 7) is 6.26. The molecule has 29 heavy (non-hydrogen) atoms. The minimum absolute atomic E-state index is 0. The maximum absolute atomic E-state index is 13.3. The van der Waals surface area contributed by atoms with E-state index in [9.17, 15) is 9.90 Å². The van der Waals surface area contributed by atoms with Gasteiger partial charge in [0.1, 0.15) is 6.54 Å². The Labute approximate surface area is 183 Å². The van der Waals surface area contributed by atoms with Crippen LogP contribution in [0.3, 0.4) is 0 Å². The van der Waals surface area contributed by atoms with E-state index < -0.39 is 11.6 Å². The molecule has 1 unspecified atom stereocenters. The van der Waals surface area contributed by atoms with Crippen molar-refractivity contribution in [3.05, 3.63) is 71.8 Å². The summed E-state index contributed by atoms with van der Waals surface area (Å²) in [7, 11) is 2.16. The number of aliphatic hydroxyl groups is 1. The molecule has 0 radical (unpaired) electrons. The molecule has 0 aliphatic carbocycles. The number of hydrogen-bond acceptors (Lipinski definition) is 4. The summed E-state index contributed by atoms with van der Waals surface area (Å²) >= 11 is 0. The number of ether oxygens (including phenoxy) is 1. The minimum atomic E-state index is -1.79. The van der Waals surface area contributed by atoms with Gasteiger partial charge in [0, 0.05) is 19.5 Å². The number of carbonyl (C=O) groups excluding carboxylic acids is 1. The van der Waals surface area contributed by atoms with Crippen LogP contribution in [0.25, 0.3) is 0 Å². The van der Waals surface area contributed by atoms with Crippen LogP contribution in [0, 0.1) is 0 Å². The molecule has 2 aromatic rings. The Hall–Kier alpha value is -1.73. The first kappa shape index (κ1) is 22.0. The highest BCUT2D eigenvalue weighted by Gasteiger charge is 2.46. The van der Waals surface area contributed by atoms with E-state index in [2.05, 4.69) is 11.9 Å². The highest BCUT2D eigenvalue weighted by Crippen LogP contribution is 2.33. The largest absolute Gasteiger partial charge is 1.00 e. The number of halogens is 1. The van der Waals surface area contributed by atoms with E-state index in [4.69, 9.17) is 4.74 Å². The number of piperazine rings is 1. The van der Waals surface area contributed by atoms with Gasteiger partial charge in [-0.3, -0.25) is 4.90 Å². The van der Waals surface area contributed by atoms with Crippen LogP contribution in [0.2, 0.25) is 0 Å². The number of benzene rings is 2. The minimum Gasteiger partial charge on any atom is -1.00 e. The molecule has 0 bridgehead atoms. The number of quaternary nitrogens is 1. The monoisotopic (exact) mass is 460 g/mol. The zero-order valence-corrected chi connectivity index (χ0v) is 18.4. The molecule has 2 aliphatic rings. The van der Waals surface area contributed by atoms with Crippen LogP contribution < -0.4 is 17.0 Å². The van der Waals surface area contributed by atoms with Crippen molar-refractivity contribution in [2.24, 2.45) is 0 Å². The van der Waals surface area contributed by atoms with Gasteiger partial charge in [0.15, 0.2) is 6.10 Å². The predicted octanol–water partition coefficient (Wildman–Crippen LogP) is -0.996. The highest BCUT2D eigenvalue weighted by molar-refractivity contribution is 5.85. The quantitative estimate of drug-likeness (QED) is 0.469. The van der Waals surface area contributed by atoms with Crippen LogP contribution in [-0.4, -0.2) is 72.9 Å². The maximum Gasteiger partial charge on any atom is 0.348 e. The molecule has 4 rings (SSSR count). The first-order valence-electron chi connectivity index (χ1n) is 10.1. The van der Waals surface area contributed by atoms with Gasteiger partial charge in [-0.05, 0) is 18.2 Å². The average Bonchev–Trinajstić information content (AvgIpc) is 3.13. The highest BCUT2D eigenvalue weighted by atomic mass is 79.9. The Balaban J connectivity index is 0.00000240. The summed E-state index contributed by atoms with van der Waals surface area (Å²) in [6, 6.07) is 18.2. The van der Waals surface area contributed by atoms with E-state index in [1.165, 1.54) is 0 Å². The molecule has 1 spiro atoms. The second-order valence-corrected chi connectivity index (χ2v) is 8.26. The normalized spacial score (nSPS) is 21.5. The molecule has 1 atom stereocenters. The van der Waals surface area contributed by atoms with Gasteiger partial charge in [-0.1, -0.05) is 60.7 Å². The van der Waals surface area contributed by atoms with Gasteiger partial charge in [0.2, 0.25) is 5.60 Å².